The molecule has 2 saturated heterocycles. The molecule has 16 heteroatoms. The van der Waals surface area contributed by atoms with E-state index in [1.807, 2.05) is 35.2 Å². The fraction of sp³-hybridized carbons (Fsp3) is 0.488. The van der Waals surface area contributed by atoms with E-state index in [1.165, 1.54) is 28.7 Å². The predicted molar refractivity (Wildman–Crippen MR) is 223 cm³/mol. The monoisotopic (exact) mass is 830 g/mol. The first-order chi connectivity index (χ1) is 27.4. The number of carbonyl (C=O) groups excluding carboxylic acids is 3. The Morgan fingerprint density at radius 1 is 1.12 bits per heavy atom. The average molecular weight is 831 g/mol. The zero-order valence-electron chi connectivity index (χ0n) is 33.1. The molecule has 3 amide bonds. The average Bonchev–Trinajstić information content (AvgIpc) is 4.06. The Morgan fingerprint density at radius 2 is 1.89 bits per heavy atom. The summed E-state index contributed by atoms with van der Waals surface area (Å²) in [5.74, 6) is 2.21. The largest absolute Gasteiger partial charge is 0.484 e. The second kappa shape index (κ2) is 19.3. The molecule has 0 radical (unpaired) electrons. The van der Waals surface area contributed by atoms with Crippen molar-refractivity contribution in [2.75, 3.05) is 45.2 Å². The van der Waals surface area contributed by atoms with Crippen LogP contribution in [-0.4, -0.2) is 93.2 Å². The lowest BCUT2D eigenvalue weighted by atomic mass is 9.94. The van der Waals surface area contributed by atoms with Crippen LogP contribution < -0.4 is 10.1 Å². The summed E-state index contributed by atoms with van der Waals surface area (Å²) in [5.41, 5.74) is 0.868. The number of nitrogens with zero attached hydrogens (tertiary/aromatic N) is 7. The summed E-state index contributed by atoms with van der Waals surface area (Å²) in [6, 6.07) is 9.52. The number of piperidine rings is 1. The quantitative estimate of drug-likeness (QED) is 0.0723. The Kier molecular flexibility index (Phi) is 14.2. The summed E-state index contributed by atoms with van der Waals surface area (Å²) in [7, 11) is 1.71. The molecule has 1 N–H and O–H groups in total. The minimum absolute atomic E-state index is 0.00533. The Morgan fingerprint density at radius 3 is 2.56 bits per heavy atom. The number of hydrogen-bond donors (Lipinski definition) is 1. The van der Waals surface area contributed by atoms with E-state index in [0.717, 1.165) is 60.7 Å². The highest BCUT2D eigenvalue weighted by molar-refractivity contribution is 8.00. The normalized spacial score (nSPS) is 17.3. The first-order valence-electron chi connectivity index (χ1n) is 19.3. The second-order valence-electron chi connectivity index (χ2n) is 15.3. The number of oxazole rings is 1. The molecule has 2 fully saturated rings. The van der Waals surface area contributed by atoms with E-state index in [2.05, 4.69) is 52.9 Å². The van der Waals surface area contributed by atoms with Crippen molar-refractivity contribution in [2.45, 2.75) is 87.3 Å². The van der Waals surface area contributed by atoms with Gasteiger partial charge in [-0.25, -0.2) is 15.0 Å². The van der Waals surface area contributed by atoms with Gasteiger partial charge in [-0.1, -0.05) is 57.6 Å². The van der Waals surface area contributed by atoms with E-state index in [4.69, 9.17) is 9.15 Å². The van der Waals surface area contributed by atoms with E-state index < -0.39 is 0 Å². The number of likely N-dealkylation sites (tertiary alicyclic amines) is 2. The molecule has 13 nitrogen and oxygen atoms in total. The Labute approximate surface area is 346 Å². The van der Waals surface area contributed by atoms with Crippen molar-refractivity contribution in [3.05, 3.63) is 76.0 Å². The molecule has 6 rings (SSSR count). The van der Waals surface area contributed by atoms with Crippen LogP contribution in [0.15, 0.2) is 62.4 Å². The molecule has 2 unspecified atom stereocenters. The van der Waals surface area contributed by atoms with Crippen molar-refractivity contribution in [3.8, 4) is 11.8 Å². The number of thiazole rings is 2. The van der Waals surface area contributed by atoms with Crippen LogP contribution in [0.25, 0.3) is 6.08 Å². The topological polar surface area (TPSA) is 158 Å². The second-order valence-corrected chi connectivity index (χ2v) is 18.6. The van der Waals surface area contributed by atoms with Gasteiger partial charge in [0.25, 0.3) is 11.8 Å². The van der Waals surface area contributed by atoms with Crippen molar-refractivity contribution in [1.29, 1.82) is 5.26 Å². The third kappa shape index (κ3) is 11.1. The van der Waals surface area contributed by atoms with Crippen molar-refractivity contribution in [3.63, 3.8) is 0 Å². The molecule has 0 bridgehead atoms. The van der Waals surface area contributed by atoms with Gasteiger partial charge in [-0.3, -0.25) is 19.3 Å². The number of hydrogen-bond acceptors (Lipinski definition) is 13. The van der Waals surface area contributed by atoms with E-state index in [9.17, 15) is 19.6 Å². The number of thioether (sulfide) groups is 1. The molecule has 2 aliphatic rings. The maximum Gasteiger partial charge on any atom is 0.264 e. The minimum atomic E-state index is -0.359. The molecule has 0 saturated carbocycles. The smallest absolute Gasteiger partial charge is 0.264 e. The Hall–Kier alpha value is -4.56. The summed E-state index contributed by atoms with van der Waals surface area (Å²) in [5, 5.41) is 15.7. The van der Waals surface area contributed by atoms with Gasteiger partial charge in [0, 0.05) is 49.1 Å². The van der Waals surface area contributed by atoms with E-state index in [0.29, 0.717) is 40.6 Å². The number of rotatable bonds is 15. The molecular weight excluding hydrogens is 781 g/mol. The number of likely N-dealkylation sites (N-methyl/N-ethyl adjacent to an activating group) is 1. The molecule has 57 heavy (non-hydrogen) atoms. The molecule has 1 aromatic carbocycles. The number of nitrogens with one attached hydrogen (secondary N) is 1. The third-order valence-electron chi connectivity index (χ3n) is 10.3. The van der Waals surface area contributed by atoms with Crippen molar-refractivity contribution in [1.82, 2.24) is 29.7 Å². The molecule has 4 aromatic rings. The van der Waals surface area contributed by atoms with Crippen LogP contribution in [0, 0.1) is 17.2 Å². The number of anilines is 1. The number of ether oxygens (including phenoxy) is 1. The number of nitriles is 1. The van der Waals surface area contributed by atoms with E-state index >= 15 is 0 Å². The van der Waals surface area contributed by atoms with Gasteiger partial charge in [0.05, 0.1) is 28.4 Å². The molecule has 2 atom stereocenters. The lowest BCUT2D eigenvalue weighted by Gasteiger charge is -2.35. The summed E-state index contributed by atoms with van der Waals surface area (Å²) < 4.78 is 12.8. The maximum absolute atomic E-state index is 13.3. The fourth-order valence-corrected chi connectivity index (χ4v) is 9.32. The van der Waals surface area contributed by atoms with Crippen LogP contribution in [0.4, 0.5) is 5.13 Å². The zero-order valence-corrected chi connectivity index (χ0v) is 35.6. The first kappa shape index (κ1) is 42.1. The van der Waals surface area contributed by atoms with Crippen molar-refractivity contribution < 1.29 is 23.5 Å². The molecule has 2 aliphatic heterocycles. The van der Waals surface area contributed by atoms with Gasteiger partial charge in [0.2, 0.25) is 11.8 Å². The van der Waals surface area contributed by atoms with Gasteiger partial charge in [-0.05, 0) is 62.5 Å². The fourth-order valence-electron chi connectivity index (χ4n) is 7.02. The van der Waals surface area contributed by atoms with Crippen LogP contribution >= 0.6 is 34.4 Å². The SMILES string of the molecule is CCCC(c1ccc(OCC(=O)N2CCC(N3CCC(C(=O)Nc4ncc(SCc5ncc(C(C)(C)C)o5)s4)CC3)C2)cc1)N(C)C(=O)/C(C#N)=C/c1nccs1. The van der Waals surface area contributed by atoms with Gasteiger partial charge in [-0.2, -0.15) is 5.26 Å². The highest BCUT2D eigenvalue weighted by Gasteiger charge is 2.34. The van der Waals surface area contributed by atoms with Gasteiger partial charge in [0.1, 0.15) is 28.2 Å². The van der Waals surface area contributed by atoms with Crippen LogP contribution in [0.3, 0.4) is 0 Å². The highest BCUT2D eigenvalue weighted by Crippen LogP contribution is 2.33. The number of aromatic nitrogens is 3. The minimum Gasteiger partial charge on any atom is -0.484 e. The summed E-state index contributed by atoms with van der Waals surface area (Å²) in [6.07, 6.45) is 10.7. The molecule has 0 aliphatic carbocycles. The van der Waals surface area contributed by atoms with Crippen molar-refractivity contribution >= 4 is 63.4 Å². The standard InChI is InChI=1S/C41H50N8O5S3/c1-6-7-32(47(5)39(52)29(21-42)20-35-43-15-19-55-35)27-8-10-31(11-9-27)53-25-36(50)49-18-14-30(24-49)48-16-12-28(13-17-48)38(51)46-40-45-23-37(57-40)56-26-34-44-22-33(54-34)41(2,3)4/h8-11,15,19-20,22-23,28,30,32H,6-7,12-14,16-18,24-26H2,1-5H3,(H,45,46,51)/b29-20+. The Bertz CT molecular complexity index is 2040. The molecule has 5 heterocycles. The van der Waals surface area contributed by atoms with Crippen LogP contribution in [0.2, 0.25) is 0 Å². The van der Waals surface area contributed by atoms with Gasteiger partial charge in [0.15, 0.2) is 11.7 Å². The summed E-state index contributed by atoms with van der Waals surface area (Å²) in [4.78, 5) is 58.5. The lowest BCUT2D eigenvalue weighted by molar-refractivity contribution is -0.132. The van der Waals surface area contributed by atoms with Crippen LogP contribution in [0.5, 0.6) is 5.75 Å². The molecule has 302 valence electrons. The predicted octanol–water partition coefficient (Wildman–Crippen LogP) is 7.41. The van der Waals surface area contributed by atoms with Crippen molar-refractivity contribution in [2.24, 2.45) is 5.92 Å². The number of amides is 3. The van der Waals surface area contributed by atoms with Crippen LogP contribution in [0.1, 0.15) is 88.1 Å². The molecule has 0 spiro atoms. The number of benzene rings is 1. The summed E-state index contributed by atoms with van der Waals surface area (Å²) >= 11 is 4.41. The van der Waals surface area contributed by atoms with Gasteiger partial charge in [-0.15, -0.1) is 23.1 Å². The lowest BCUT2D eigenvalue weighted by Crippen LogP contribution is -2.45. The zero-order chi connectivity index (χ0) is 40.5. The third-order valence-corrected chi connectivity index (χ3v) is 13.1. The molecule has 3 aromatic heterocycles. The molecular formula is C41H50N8O5S3. The summed E-state index contributed by atoms with van der Waals surface area (Å²) in [6.45, 7) is 11.2. The van der Waals surface area contributed by atoms with E-state index in [1.54, 1.807) is 47.7 Å². The number of carbonyl (C=O) groups is 3. The maximum atomic E-state index is 13.3. The van der Waals surface area contributed by atoms with Gasteiger partial charge >= 0.3 is 0 Å². The van der Waals surface area contributed by atoms with Gasteiger partial charge < -0.3 is 24.3 Å². The highest BCUT2D eigenvalue weighted by atomic mass is 32.2. The van der Waals surface area contributed by atoms with E-state index in [-0.39, 0.29) is 53.3 Å². The van der Waals surface area contributed by atoms with Crippen LogP contribution in [-0.2, 0) is 25.6 Å². The Balaban J connectivity index is 0.915. The first-order valence-corrected chi connectivity index (χ1v) is 22.0.